The van der Waals surface area contributed by atoms with Crippen LogP contribution in [0.25, 0.3) is 0 Å². The maximum absolute atomic E-state index is 4.73. The lowest BCUT2D eigenvalue weighted by Gasteiger charge is -2.22. The molecule has 0 bridgehead atoms. The number of anilines is 1. The second-order valence-corrected chi connectivity index (χ2v) is 5.63. The Morgan fingerprint density at radius 1 is 1.26 bits per heavy atom. The second kappa shape index (κ2) is 8.16. The van der Waals surface area contributed by atoms with Crippen molar-refractivity contribution in [2.45, 2.75) is 47.1 Å². The molecule has 3 nitrogen and oxygen atoms in total. The molecule has 0 aliphatic carbocycles. The summed E-state index contributed by atoms with van der Waals surface area (Å²) in [6, 6.07) is 4.43. The minimum atomic E-state index is 0.652. The molecule has 0 radical (unpaired) electrons. The molecular formula is C16H29N3. The van der Waals surface area contributed by atoms with Crippen molar-refractivity contribution in [3.63, 3.8) is 0 Å². The number of aryl methyl sites for hydroxylation is 1. The van der Waals surface area contributed by atoms with Gasteiger partial charge < -0.3 is 10.2 Å². The highest BCUT2D eigenvalue weighted by Gasteiger charge is 2.08. The normalized spacial score (nSPS) is 11.1. The lowest BCUT2D eigenvalue weighted by molar-refractivity contribution is 0.632. The smallest absolute Gasteiger partial charge is 0.128 e. The Bertz CT molecular complexity index is 374. The molecule has 1 heterocycles. The summed E-state index contributed by atoms with van der Waals surface area (Å²) in [6.45, 7) is 11.9. The van der Waals surface area contributed by atoms with Crippen LogP contribution in [-0.2, 0) is 13.0 Å². The number of aromatic nitrogens is 1. The summed E-state index contributed by atoms with van der Waals surface area (Å²) >= 11 is 0. The standard InChI is InChI=1S/C16H29N3/c1-6-8-17-11-14-9-15(7-2)18-16(10-14)19(5)12-13(3)4/h9-10,13,17H,6-8,11-12H2,1-5H3. The van der Waals surface area contributed by atoms with Crippen molar-refractivity contribution in [3.05, 3.63) is 23.4 Å². The Labute approximate surface area is 118 Å². The van der Waals surface area contributed by atoms with E-state index in [0.29, 0.717) is 5.92 Å². The highest BCUT2D eigenvalue weighted by atomic mass is 15.2. The molecule has 108 valence electrons. The first kappa shape index (κ1) is 16.0. The van der Waals surface area contributed by atoms with Crippen LogP contribution in [0, 0.1) is 5.92 Å². The Balaban J connectivity index is 2.82. The van der Waals surface area contributed by atoms with Crippen LogP contribution in [0.4, 0.5) is 5.82 Å². The fourth-order valence-corrected chi connectivity index (χ4v) is 2.16. The van der Waals surface area contributed by atoms with E-state index in [1.165, 1.54) is 17.7 Å². The molecule has 19 heavy (non-hydrogen) atoms. The predicted molar refractivity (Wildman–Crippen MR) is 83.7 cm³/mol. The first-order valence-electron chi connectivity index (χ1n) is 7.48. The third kappa shape index (κ3) is 5.60. The van der Waals surface area contributed by atoms with Crippen molar-refractivity contribution in [3.8, 4) is 0 Å². The Hall–Kier alpha value is -1.09. The van der Waals surface area contributed by atoms with Gasteiger partial charge in [-0.25, -0.2) is 4.98 Å². The molecule has 0 saturated heterocycles. The summed E-state index contributed by atoms with van der Waals surface area (Å²) in [5.41, 5.74) is 2.52. The van der Waals surface area contributed by atoms with Crippen molar-refractivity contribution in [2.24, 2.45) is 5.92 Å². The van der Waals surface area contributed by atoms with Crippen LogP contribution in [0.5, 0.6) is 0 Å². The molecule has 0 unspecified atom stereocenters. The van der Waals surface area contributed by atoms with Gasteiger partial charge in [0.05, 0.1) is 0 Å². The highest BCUT2D eigenvalue weighted by molar-refractivity contribution is 5.42. The largest absolute Gasteiger partial charge is 0.359 e. The van der Waals surface area contributed by atoms with Crippen LogP contribution in [0.3, 0.4) is 0 Å². The molecule has 0 aliphatic rings. The Morgan fingerprint density at radius 3 is 2.58 bits per heavy atom. The maximum Gasteiger partial charge on any atom is 0.128 e. The van der Waals surface area contributed by atoms with Crippen molar-refractivity contribution < 1.29 is 0 Å². The minimum absolute atomic E-state index is 0.652. The van der Waals surface area contributed by atoms with Gasteiger partial charge >= 0.3 is 0 Å². The van der Waals surface area contributed by atoms with Crippen molar-refractivity contribution >= 4 is 5.82 Å². The van der Waals surface area contributed by atoms with E-state index in [0.717, 1.165) is 31.9 Å². The number of pyridine rings is 1. The molecule has 1 N–H and O–H groups in total. The van der Waals surface area contributed by atoms with Crippen LogP contribution in [-0.4, -0.2) is 25.1 Å². The van der Waals surface area contributed by atoms with Crippen LogP contribution < -0.4 is 10.2 Å². The Kier molecular flexibility index (Phi) is 6.85. The van der Waals surface area contributed by atoms with Gasteiger partial charge in [-0.3, -0.25) is 0 Å². The zero-order valence-electron chi connectivity index (χ0n) is 13.2. The zero-order chi connectivity index (χ0) is 14.3. The van der Waals surface area contributed by atoms with Crippen molar-refractivity contribution in [2.75, 3.05) is 25.0 Å². The summed E-state index contributed by atoms with van der Waals surface area (Å²) in [5, 5.41) is 3.46. The minimum Gasteiger partial charge on any atom is -0.359 e. The van der Waals surface area contributed by atoms with E-state index in [-0.39, 0.29) is 0 Å². The van der Waals surface area contributed by atoms with Gasteiger partial charge in [0, 0.05) is 25.8 Å². The van der Waals surface area contributed by atoms with E-state index in [9.17, 15) is 0 Å². The SMILES string of the molecule is CCCNCc1cc(CC)nc(N(C)CC(C)C)c1. The number of hydrogen-bond acceptors (Lipinski definition) is 3. The summed E-state index contributed by atoms with van der Waals surface area (Å²) in [5.74, 6) is 1.75. The van der Waals surface area contributed by atoms with E-state index >= 15 is 0 Å². The highest BCUT2D eigenvalue weighted by Crippen LogP contribution is 2.16. The molecule has 0 aliphatic heterocycles. The molecule has 0 spiro atoms. The van der Waals surface area contributed by atoms with Gasteiger partial charge in [0.2, 0.25) is 0 Å². The molecule has 3 heteroatoms. The van der Waals surface area contributed by atoms with Crippen LogP contribution in [0.2, 0.25) is 0 Å². The monoisotopic (exact) mass is 263 g/mol. The van der Waals surface area contributed by atoms with Crippen LogP contribution in [0.1, 0.15) is 45.4 Å². The quantitative estimate of drug-likeness (QED) is 0.730. The van der Waals surface area contributed by atoms with Crippen molar-refractivity contribution in [1.29, 1.82) is 0 Å². The molecular weight excluding hydrogens is 234 g/mol. The average molecular weight is 263 g/mol. The molecule has 1 aromatic rings. The summed E-state index contributed by atoms with van der Waals surface area (Å²) < 4.78 is 0. The maximum atomic E-state index is 4.73. The topological polar surface area (TPSA) is 28.2 Å². The molecule has 0 atom stereocenters. The molecule has 1 rings (SSSR count). The van der Waals surface area contributed by atoms with Gasteiger partial charge in [-0.1, -0.05) is 27.7 Å². The predicted octanol–water partition coefficient (Wildman–Crippen LogP) is 3.24. The van der Waals surface area contributed by atoms with E-state index < -0.39 is 0 Å². The number of nitrogens with one attached hydrogen (secondary N) is 1. The van der Waals surface area contributed by atoms with Gasteiger partial charge in [0.15, 0.2) is 0 Å². The molecule has 0 aromatic carbocycles. The molecule has 0 amide bonds. The van der Waals surface area contributed by atoms with E-state index in [1.807, 2.05) is 0 Å². The molecule has 0 fully saturated rings. The fraction of sp³-hybridized carbons (Fsp3) is 0.688. The number of nitrogens with zero attached hydrogens (tertiary/aromatic N) is 2. The van der Waals surface area contributed by atoms with Gasteiger partial charge in [-0.2, -0.15) is 0 Å². The van der Waals surface area contributed by atoms with E-state index in [2.05, 4.69) is 57.1 Å². The van der Waals surface area contributed by atoms with E-state index in [4.69, 9.17) is 4.98 Å². The summed E-state index contributed by atoms with van der Waals surface area (Å²) in [7, 11) is 2.13. The first-order valence-corrected chi connectivity index (χ1v) is 7.48. The zero-order valence-corrected chi connectivity index (χ0v) is 13.2. The summed E-state index contributed by atoms with van der Waals surface area (Å²) in [6.07, 6.45) is 2.16. The van der Waals surface area contributed by atoms with E-state index in [1.54, 1.807) is 0 Å². The second-order valence-electron chi connectivity index (χ2n) is 5.63. The lowest BCUT2D eigenvalue weighted by atomic mass is 10.1. The van der Waals surface area contributed by atoms with Gasteiger partial charge in [0.1, 0.15) is 5.82 Å². The van der Waals surface area contributed by atoms with Crippen LogP contribution in [0.15, 0.2) is 12.1 Å². The lowest BCUT2D eigenvalue weighted by Crippen LogP contribution is -2.24. The van der Waals surface area contributed by atoms with Gasteiger partial charge in [0.25, 0.3) is 0 Å². The first-order chi connectivity index (χ1) is 9.06. The van der Waals surface area contributed by atoms with Crippen LogP contribution >= 0.6 is 0 Å². The Morgan fingerprint density at radius 2 is 2.00 bits per heavy atom. The molecule has 1 aromatic heterocycles. The third-order valence-corrected chi connectivity index (χ3v) is 3.07. The third-order valence-electron chi connectivity index (χ3n) is 3.07. The molecule has 0 saturated carbocycles. The fourth-order valence-electron chi connectivity index (χ4n) is 2.16. The summed E-state index contributed by atoms with van der Waals surface area (Å²) in [4.78, 5) is 6.99. The number of hydrogen-bond donors (Lipinski definition) is 1. The van der Waals surface area contributed by atoms with Crippen molar-refractivity contribution in [1.82, 2.24) is 10.3 Å². The average Bonchev–Trinajstić information content (AvgIpc) is 2.38. The van der Waals surface area contributed by atoms with Gasteiger partial charge in [-0.15, -0.1) is 0 Å². The van der Waals surface area contributed by atoms with Gasteiger partial charge in [-0.05, 0) is 43.0 Å². The number of rotatable bonds is 8.